The molecule has 0 aromatic heterocycles. The molecule has 1 aliphatic heterocycles. The third kappa shape index (κ3) is 4.49. The molecule has 2 amide bonds. The number of Topliss-reactive ketones (excluding diaryl/α,β-unsaturated/α-hetero) is 1. The maximum Gasteiger partial charge on any atom is 0.264 e. The largest absolute Gasteiger partial charge is 0.494 e. The predicted molar refractivity (Wildman–Crippen MR) is 105 cm³/mol. The Morgan fingerprint density at radius 3 is 2.61 bits per heavy atom. The molecule has 1 aliphatic rings. The highest BCUT2D eigenvalue weighted by molar-refractivity contribution is 6.03. The van der Waals surface area contributed by atoms with Crippen molar-refractivity contribution < 1.29 is 23.9 Å². The van der Waals surface area contributed by atoms with E-state index in [1.54, 1.807) is 49.5 Å². The van der Waals surface area contributed by atoms with E-state index in [4.69, 9.17) is 9.47 Å². The van der Waals surface area contributed by atoms with Crippen LogP contribution in [-0.4, -0.2) is 37.9 Å². The molecule has 0 radical (unpaired) electrons. The zero-order valence-corrected chi connectivity index (χ0v) is 15.9. The average molecular weight is 382 g/mol. The molecule has 1 heterocycles. The number of ketones is 1. The van der Waals surface area contributed by atoms with Crippen molar-refractivity contribution in [2.24, 2.45) is 0 Å². The van der Waals surface area contributed by atoms with E-state index >= 15 is 0 Å². The molecule has 0 saturated carbocycles. The maximum atomic E-state index is 12.5. The molecule has 0 unspecified atom stereocenters. The molecule has 2 aromatic rings. The summed E-state index contributed by atoms with van der Waals surface area (Å²) in [6.07, 6.45) is 0.133. The van der Waals surface area contributed by atoms with Crippen molar-refractivity contribution in [3.63, 3.8) is 0 Å². The quantitative estimate of drug-likeness (QED) is 0.744. The molecule has 7 heteroatoms. The Bertz CT molecular complexity index is 892. The Kier molecular flexibility index (Phi) is 5.93. The van der Waals surface area contributed by atoms with E-state index in [9.17, 15) is 14.4 Å². The fraction of sp³-hybridized carbons (Fsp3) is 0.286. The number of carbonyl (C=O) groups excluding carboxylic acids is 3. The number of rotatable bonds is 7. The molecule has 1 N–H and O–H groups in total. The van der Waals surface area contributed by atoms with Crippen molar-refractivity contribution in [2.45, 2.75) is 19.8 Å². The first-order valence-electron chi connectivity index (χ1n) is 9.07. The van der Waals surface area contributed by atoms with Crippen LogP contribution in [0, 0.1) is 0 Å². The van der Waals surface area contributed by atoms with Crippen LogP contribution < -0.4 is 19.7 Å². The second-order valence-corrected chi connectivity index (χ2v) is 6.35. The summed E-state index contributed by atoms with van der Waals surface area (Å²) in [5.74, 6) is 0.705. The van der Waals surface area contributed by atoms with Crippen LogP contribution in [0.2, 0.25) is 0 Å². The van der Waals surface area contributed by atoms with Crippen LogP contribution in [0.15, 0.2) is 42.5 Å². The number of likely N-dealkylation sites (N-methyl/N-ethyl adjacent to an activating group) is 1. The molecule has 28 heavy (non-hydrogen) atoms. The van der Waals surface area contributed by atoms with E-state index in [-0.39, 0.29) is 37.0 Å². The molecule has 0 spiro atoms. The summed E-state index contributed by atoms with van der Waals surface area (Å²) in [4.78, 5) is 37.8. The van der Waals surface area contributed by atoms with Gasteiger partial charge in [-0.05, 0) is 49.4 Å². The standard InChI is InChI=1S/C21H22N2O5/c1-3-27-16-7-5-15(6-8-16)22-20(25)11-9-18(24)14-4-10-19-17(12-14)23(2)21(26)13-28-19/h4-8,10,12H,3,9,11,13H2,1-2H3,(H,22,25). The molecular weight excluding hydrogens is 360 g/mol. The third-order valence-corrected chi connectivity index (χ3v) is 4.40. The van der Waals surface area contributed by atoms with Crippen LogP contribution in [0.1, 0.15) is 30.1 Å². The molecule has 0 aliphatic carbocycles. The fourth-order valence-corrected chi connectivity index (χ4v) is 2.84. The zero-order valence-electron chi connectivity index (χ0n) is 15.9. The molecule has 7 nitrogen and oxygen atoms in total. The van der Waals surface area contributed by atoms with Gasteiger partial charge in [-0.15, -0.1) is 0 Å². The lowest BCUT2D eigenvalue weighted by Gasteiger charge is -2.26. The Morgan fingerprint density at radius 1 is 1.14 bits per heavy atom. The van der Waals surface area contributed by atoms with Crippen LogP contribution in [0.5, 0.6) is 11.5 Å². The van der Waals surface area contributed by atoms with E-state index in [1.165, 1.54) is 4.90 Å². The van der Waals surface area contributed by atoms with Gasteiger partial charge < -0.3 is 19.7 Å². The summed E-state index contributed by atoms with van der Waals surface area (Å²) < 4.78 is 10.7. The van der Waals surface area contributed by atoms with Crippen molar-refractivity contribution in [1.29, 1.82) is 0 Å². The normalized spacial score (nSPS) is 12.8. The maximum absolute atomic E-state index is 12.5. The van der Waals surface area contributed by atoms with Gasteiger partial charge in [-0.2, -0.15) is 0 Å². The number of hydrogen-bond acceptors (Lipinski definition) is 5. The minimum absolute atomic E-state index is 0.0114. The number of ether oxygens (including phenoxy) is 2. The number of fused-ring (bicyclic) bond motifs is 1. The van der Waals surface area contributed by atoms with Gasteiger partial charge in [-0.3, -0.25) is 14.4 Å². The molecule has 3 rings (SSSR count). The third-order valence-electron chi connectivity index (χ3n) is 4.40. The molecule has 0 fully saturated rings. The number of amides is 2. The summed E-state index contributed by atoms with van der Waals surface area (Å²) in [6.45, 7) is 2.47. The SMILES string of the molecule is CCOc1ccc(NC(=O)CCC(=O)c2ccc3c(c2)N(C)C(=O)CO3)cc1. The van der Waals surface area contributed by atoms with Crippen molar-refractivity contribution in [2.75, 3.05) is 30.5 Å². The van der Waals surface area contributed by atoms with Crippen LogP contribution in [-0.2, 0) is 9.59 Å². The highest BCUT2D eigenvalue weighted by atomic mass is 16.5. The van der Waals surface area contributed by atoms with Gasteiger partial charge >= 0.3 is 0 Å². The summed E-state index contributed by atoms with van der Waals surface area (Å²) in [7, 11) is 1.64. The first kappa shape index (κ1) is 19.4. The number of benzene rings is 2. The Hall–Kier alpha value is -3.35. The summed E-state index contributed by atoms with van der Waals surface area (Å²) in [5.41, 5.74) is 1.64. The molecule has 0 saturated heterocycles. The summed E-state index contributed by atoms with van der Waals surface area (Å²) in [5, 5.41) is 2.76. The topological polar surface area (TPSA) is 84.9 Å². The predicted octanol–water partition coefficient (Wildman–Crippen LogP) is 3.04. The first-order valence-corrected chi connectivity index (χ1v) is 9.07. The van der Waals surface area contributed by atoms with Crippen molar-refractivity contribution in [1.82, 2.24) is 0 Å². The van der Waals surface area contributed by atoms with Gasteiger partial charge in [0.25, 0.3) is 5.91 Å². The average Bonchev–Trinajstić information content (AvgIpc) is 2.70. The molecule has 0 bridgehead atoms. The Morgan fingerprint density at radius 2 is 1.89 bits per heavy atom. The minimum atomic E-state index is -0.244. The van der Waals surface area contributed by atoms with Gasteiger partial charge in [0.15, 0.2) is 12.4 Å². The van der Waals surface area contributed by atoms with Crippen molar-refractivity contribution >= 4 is 29.0 Å². The highest BCUT2D eigenvalue weighted by Gasteiger charge is 2.23. The van der Waals surface area contributed by atoms with Gasteiger partial charge in [-0.1, -0.05) is 0 Å². The number of nitrogens with one attached hydrogen (secondary N) is 1. The summed E-state index contributed by atoms with van der Waals surface area (Å²) >= 11 is 0. The smallest absolute Gasteiger partial charge is 0.264 e. The van der Waals surface area contributed by atoms with Gasteiger partial charge in [0.2, 0.25) is 5.91 Å². The highest BCUT2D eigenvalue weighted by Crippen LogP contribution is 2.32. The van der Waals surface area contributed by atoms with Gasteiger partial charge in [0, 0.05) is 31.1 Å². The van der Waals surface area contributed by atoms with E-state index in [0.717, 1.165) is 5.75 Å². The Labute approximate surface area is 163 Å². The van der Waals surface area contributed by atoms with Crippen LogP contribution >= 0.6 is 0 Å². The first-order chi connectivity index (χ1) is 13.5. The second-order valence-electron chi connectivity index (χ2n) is 6.35. The van der Waals surface area contributed by atoms with Crippen molar-refractivity contribution in [3.05, 3.63) is 48.0 Å². The van der Waals surface area contributed by atoms with Crippen LogP contribution in [0.25, 0.3) is 0 Å². The lowest BCUT2D eigenvalue weighted by molar-refractivity contribution is -0.121. The number of carbonyl (C=O) groups is 3. The zero-order chi connectivity index (χ0) is 20.1. The van der Waals surface area contributed by atoms with E-state index in [1.807, 2.05) is 6.92 Å². The van der Waals surface area contributed by atoms with E-state index < -0.39 is 0 Å². The lowest BCUT2D eigenvalue weighted by atomic mass is 10.0. The molecular formula is C21H22N2O5. The van der Waals surface area contributed by atoms with Crippen molar-refractivity contribution in [3.8, 4) is 11.5 Å². The Balaban J connectivity index is 1.56. The van der Waals surface area contributed by atoms with E-state index in [0.29, 0.717) is 29.3 Å². The lowest BCUT2D eigenvalue weighted by Crippen LogP contribution is -2.35. The molecule has 146 valence electrons. The fourth-order valence-electron chi connectivity index (χ4n) is 2.84. The van der Waals surface area contributed by atoms with E-state index in [2.05, 4.69) is 5.32 Å². The number of anilines is 2. The van der Waals surface area contributed by atoms with Gasteiger partial charge in [-0.25, -0.2) is 0 Å². The number of nitrogens with zero attached hydrogens (tertiary/aromatic N) is 1. The monoisotopic (exact) mass is 382 g/mol. The minimum Gasteiger partial charge on any atom is -0.494 e. The van der Waals surface area contributed by atoms with Crippen LogP contribution in [0.4, 0.5) is 11.4 Å². The number of hydrogen-bond donors (Lipinski definition) is 1. The van der Waals surface area contributed by atoms with Gasteiger partial charge in [0.05, 0.1) is 12.3 Å². The summed E-state index contributed by atoms with van der Waals surface area (Å²) in [6, 6.07) is 12.0. The van der Waals surface area contributed by atoms with Crippen LogP contribution in [0.3, 0.4) is 0 Å². The molecule has 2 aromatic carbocycles. The second kappa shape index (κ2) is 8.56. The molecule has 0 atom stereocenters. The van der Waals surface area contributed by atoms with Gasteiger partial charge in [0.1, 0.15) is 11.5 Å².